The number of hydrogen-bond acceptors (Lipinski definition) is 5. The maximum absolute atomic E-state index is 12.8. The summed E-state index contributed by atoms with van der Waals surface area (Å²) < 4.78 is 0. The van der Waals surface area contributed by atoms with Gasteiger partial charge in [-0.15, -0.1) is 0 Å². The summed E-state index contributed by atoms with van der Waals surface area (Å²) in [6, 6.07) is 12.1. The van der Waals surface area contributed by atoms with Crippen molar-refractivity contribution in [2.75, 3.05) is 0 Å². The highest BCUT2D eigenvalue weighted by molar-refractivity contribution is 6.33. The molecule has 3 aromatic rings. The smallest absolute Gasteiger partial charge is 0.266 e. The lowest BCUT2D eigenvalue weighted by molar-refractivity contribution is 0.0841. The van der Waals surface area contributed by atoms with E-state index in [4.69, 9.17) is 11.6 Å². The maximum atomic E-state index is 12.8. The first-order valence-electron chi connectivity index (χ1n) is 8.77. The Morgan fingerprint density at radius 2 is 1.68 bits per heavy atom. The van der Waals surface area contributed by atoms with Crippen LogP contribution in [-0.2, 0) is 0 Å². The van der Waals surface area contributed by atoms with Gasteiger partial charge in [-0.1, -0.05) is 35.9 Å². The van der Waals surface area contributed by atoms with Gasteiger partial charge >= 0.3 is 0 Å². The lowest BCUT2D eigenvalue weighted by Gasteiger charge is -2.12. The number of carbonyl (C=O) groups excluding carboxylic acids is 2. The summed E-state index contributed by atoms with van der Waals surface area (Å²) in [7, 11) is 0. The Morgan fingerprint density at radius 3 is 2.39 bits per heavy atom. The maximum Gasteiger partial charge on any atom is 0.289 e. The van der Waals surface area contributed by atoms with Crippen molar-refractivity contribution in [2.45, 2.75) is 18.8 Å². The molecule has 2 amide bonds. The number of aromatic nitrogens is 3. The van der Waals surface area contributed by atoms with Crippen molar-refractivity contribution in [1.29, 1.82) is 0 Å². The van der Waals surface area contributed by atoms with E-state index >= 15 is 0 Å². The average Bonchev–Trinajstić information content (AvgIpc) is 3.58. The second kappa shape index (κ2) is 7.74. The molecule has 8 heteroatoms. The molecule has 1 fully saturated rings. The third-order valence-corrected chi connectivity index (χ3v) is 4.65. The second-order valence-corrected chi connectivity index (χ2v) is 6.78. The third kappa shape index (κ3) is 3.84. The molecule has 0 spiro atoms. The summed E-state index contributed by atoms with van der Waals surface area (Å²) in [5.74, 6) is -0.180. The van der Waals surface area contributed by atoms with Gasteiger partial charge in [0.2, 0.25) is 0 Å². The molecule has 28 heavy (non-hydrogen) atoms. The highest BCUT2D eigenvalue weighted by Gasteiger charge is 2.29. The zero-order valence-electron chi connectivity index (χ0n) is 14.7. The Kier molecular flexibility index (Phi) is 4.99. The molecule has 1 aromatic carbocycles. The molecule has 4 rings (SSSR count). The molecule has 0 saturated heterocycles. The normalized spacial score (nSPS) is 13.0. The van der Waals surface area contributed by atoms with Gasteiger partial charge in [-0.3, -0.25) is 25.4 Å². The fraction of sp³-hybridized carbons (Fsp3) is 0.150. The van der Waals surface area contributed by atoms with E-state index in [2.05, 4.69) is 25.8 Å². The van der Waals surface area contributed by atoms with Gasteiger partial charge < -0.3 is 0 Å². The van der Waals surface area contributed by atoms with Crippen molar-refractivity contribution in [3.8, 4) is 11.1 Å². The van der Waals surface area contributed by atoms with Gasteiger partial charge in [0, 0.05) is 34.5 Å². The fourth-order valence-electron chi connectivity index (χ4n) is 2.72. The predicted octanol–water partition coefficient (Wildman–Crippen LogP) is 3.14. The van der Waals surface area contributed by atoms with Crippen LogP contribution >= 0.6 is 11.6 Å². The Balaban J connectivity index is 1.61. The van der Waals surface area contributed by atoms with Gasteiger partial charge in [0.15, 0.2) is 0 Å². The molecule has 140 valence electrons. The van der Waals surface area contributed by atoms with Crippen LogP contribution in [0.4, 0.5) is 0 Å². The highest BCUT2D eigenvalue weighted by Crippen LogP contribution is 2.39. The van der Waals surface area contributed by atoms with E-state index in [0.29, 0.717) is 22.0 Å². The summed E-state index contributed by atoms with van der Waals surface area (Å²) >= 11 is 6.29. The van der Waals surface area contributed by atoms with Crippen LogP contribution < -0.4 is 10.9 Å². The van der Waals surface area contributed by atoms with Crippen LogP contribution in [0.25, 0.3) is 11.1 Å². The van der Waals surface area contributed by atoms with Crippen LogP contribution in [0.3, 0.4) is 0 Å². The van der Waals surface area contributed by atoms with Crippen LogP contribution in [0.5, 0.6) is 0 Å². The molecule has 2 aromatic heterocycles. The van der Waals surface area contributed by atoms with Crippen molar-refractivity contribution in [1.82, 2.24) is 25.8 Å². The minimum Gasteiger partial charge on any atom is -0.266 e. The van der Waals surface area contributed by atoms with Crippen molar-refractivity contribution in [3.05, 3.63) is 77.1 Å². The van der Waals surface area contributed by atoms with Crippen LogP contribution in [-0.4, -0.2) is 26.8 Å². The minimum atomic E-state index is -0.552. The van der Waals surface area contributed by atoms with Gasteiger partial charge in [0.1, 0.15) is 17.2 Å². The predicted molar refractivity (Wildman–Crippen MR) is 104 cm³/mol. The van der Waals surface area contributed by atoms with Gasteiger partial charge in [0.25, 0.3) is 11.8 Å². The molecule has 0 radical (unpaired) electrons. The van der Waals surface area contributed by atoms with E-state index in [1.54, 1.807) is 42.6 Å². The van der Waals surface area contributed by atoms with Gasteiger partial charge in [-0.2, -0.15) is 0 Å². The molecule has 0 aliphatic heterocycles. The van der Waals surface area contributed by atoms with Crippen LogP contribution in [0.2, 0.25) is 5.02 Å². The molecule has 7 nitrogen and oxygen atoms in total. The molecule has 2 heterocycles. The lowest BCUT2D eigenvalue weighted by atomic mass is 10.0. The van der Waals surface area contributed by atoms with Crippen molar-refractivity contribution < 1.29 is 9.59 Å². The average molecular weight is 394 g/mol. The van der Waals surface area contributed by atoms with E-state index in [1.165, 1.54) is 6.20 Å². The molecular weight excluding hydrogens is 378 g/mol. The first-order chi connectivity index (χ1) is 13.6. The molecule has 2 N–H and O–H groups in total. The van der Waals surface area contributed by atoms with Gasteiger partial charge in [-0.25, -0.2) is 9.97 Å². The van der Waals surface area contributed by atoms with Gasteiger partial charge in [0.05, 0.1) is 0 Å². The van der Waals surface area contributed by atoms with E-state index in [0.717, 1.165) is 12.8 Å². The number of carbonyl (C=O) groups is 2. The van der Waals surface area contributed by atoms with Crippen LogP contribution in [0, 0.1) is 0 Å². The number of pyridine rings is 1. The molecule has 1 saturated carbocycles. The molecule has 0 atom stereocenters. The molecule has 0 unspecified atom stereocenters. The summed E-state index contributed by atoms with van der Waals surface area (Å²) in [4.78, 5) is 37.7. The van der Waals surface area contributed by atoms with E-state index in [-0.39, 0.29) is 17.3 Å². The number of hydrazine groups is 1. The third-order valence-electron chi connectivity index (χ3n) is 4.32. The van der Waals surface area contributed by atoms with Crippen molar-refractivity contribution >= 4 is 23.4 Å². The van der Waals surface area contributed by atoms with Crippen molar-refractivity contribution in [3.63, 3.8) is 0 Å². The first kappa shape index (κ1) is 18.1. The highest BCUT2D eigenvalue weighted by atomic mass is 35.5. The van der Waals surface area contributed by atoms with Crippen LogP contribution in [0.15, 0.2) is 54.9 Å². The summed E-state index contributed by atoms with van der Waals surface area (Å²) in [5, 5.41) is 0.483. The number of amides is 2. The van der Waals surface area contributed by atoms with E-state index in [9.17, 15) is 9.59 Å². The number of halogens is 1. The SMILES string of the molecule is O=C(NNC(=O)c1nc(C2CC2)ncc1-c1ccccc1Cl)c1ccccn1. The Labute approximate surface area is 166 Å². The number of rotatable bonds is 4. The molecular formula is C20H16ClN5O2. The number of hydrogen-bond donors (Lipinski definition) is 2. The summed E-state index contributed by atoms with van der Waals surface area (Å²) in [6.45, 7) is 0. The Hall–Kier alpha value is -3.32. The standard InChI is InChI=1S/C20H16ClN5O2/c21-15-6-2-1-5-13(15)14-11-23-18(12-8-9-12)24-17(14)20(28)26-25-19(27)16-7-3-4-10-22-16/h1-7,10-12H,8-9H2,(H,25,27)(H,26,28). The van der Waals surface area contributed by atoms with E-state index in [1.807, 2.05) is 6.07 Å². The molecule has 1 aliphatic carbocycles. The zero-order valence-corrected chi connectivity index (χ0v) is 15.5. The Bertz CT molecular complexity index is 1040. The first-order valence-corrected chi connectivity index (χ1v) is 9.15. The zero-order chi connectivity index (χ0) is 19.5. The Morgan fingerprint density at radius 1 is 0.929 bits per heavy atom. The minimum absolute atomic E-state index is 0.159. The number of benzene rings is 1. The monoisotopic (exact) mass is 393 g/mol. The molecule has 0 bridgehead atoms. The lowest BCUT2D eigenvalue weighted by Crippen LogP contribution is -2.42. The van der Waals surface area contributed by atoms with Crippen molar-refractivity contribution in [2.24, 2.45) is 0 Å². The van der Waals surface area contributed by atoms with E-state index < -0.39 is 11.8 Å². The molecule has 1 aliphatic rings. The number of nitrogens with zero attached hydrogens (tertiary/aromatic N) is 3. The largest absolute Gasteiger partial charge is 0.289 e. The summed E-state index contributed by atoms with van der Waals surface area (Å²) in [5.41, 5.74) is 6.26. The topological polar surface area (TPSA) is 96.9 Å². The fourth-order valence-corrected chi connectivity index (χ4v) is 2.95. The van der Waals surface area contributed by atoms with Gasteiger partial charge in [-0.05, 0) is 31.0 Å². The van der Waals surface area contributed by atoms with Crippen LogP contribution in [0.1, 0.15) is 45.6 Å². The summed E-state index contributed by atoms with van der Waals surface area (Å²) in [6.07, 6.45) is 5.11. The quantitative estimate of drug-likeness (QED) is 0.664. The number of nitrogens with one attached hydrogen (secondary N) is 2. The second-order valence-electron chi connectivity index (χ2n) is 6.37.